The van der Waals surface area contributed by atoms with Crippen LogP contribution in [-0.2, 0) is 17.6 Å². The van der Waals surface area contributed by atoms with E-state index in [1.807, 2.05) is 30.3 Å². The average molecular weight is 357 g/mol. The summed E-state index contributed by atoms with van der Waals surface area (Å²) in [7, 11) is 0. The number of hydrogen-bond donors (Lipinski definition) is 1. The van der Waals surface area contributed by atoms with Gasteiger partial charge in [0.05, 0.1) is 6.42 Å². The van der Waals surface area contributed by atoms with Gasteiger partial charge in [-0.1, -0.05) is 29.8 Å². The molecule has 0 aliphatic heterocycles. The van der Waals surface area contributed by atoms with Crippen molar-refractivity contribution in [2.75, 3.05) is 6.54 Å². The largest absolute Gasteiger partial charge is 0.355 e. The fourth-order valence-electron chi connectivity index (χ4n) is 2.89. The number of carbonyl (C=O) groups excluding carboxylic acids is 1. The molecule has 2 aromatic heterocycles. The highest BCUT2D eigenvalue weighted by Crippen LogP contribution is 2.19. The zero-order valence-electron chi connectivity index (χ0n) is 14.4. The van der Waals surface area contributed by atoms with Crippen LogP contribution in [0.5, 0.6) is 0 Å². The molecule has 3 rings (SSSR count). The maximum Gasteiger partial charge on any atom is 0.224 e. The second-order valence-corrected chi connectivity index (χ2v) is 6.61. The number of carbonyl (C=O) groups is 1. The lowest BCUT2D eigenvalue weighted by molar-refractivity contribution is -0.120. The smallest absolute Gasteiger partial charge is 0.224 e. The first-order valence-corrected chi connectivity index (χ1v) is 8.76. The molecule has 0 fully saturated rings. The van der Waals surface area contributed by atoms with E-state index in [-0.39, 0.29) is 18.4 Å². The number of nitrogens with zero attached hydrogens (tertiary/aromatic N) is 3. The van der Waals surface area contributed by atoms with E-state index in [1.165, 1.54) is 0 Å². The van der Waals surface area contributed by atoms with Crippen LogP contribution < -0.4 is 5.32 Å². The Morgan fingerprint density at radius 2 is 2.04 bits per heavy atom. The first-order chi connectivity index (χ1) is 12.1. The van der Waals surface area contributed by atoms with Crippen LogP contribution in [0.1, 0.15) is 31.3 Å². The average Bonchev–Trinajstić information content (AvgIpc) is 2.95. The molecule has 0 aliphatic carbocycles. The normalized spacial score (nSPS) is 11.2. The fourth-order valence-corrected chi connectivity index (χ4v) is 3.09. The highest BCUT2D eigenvalue weighted by atomic mass is 35.5. The maximum absolute atomic E-state index is 12.1. The Bertz CT molecular complexity index is 888. The van der Waals surface area contributed by atoms with Gasteiger partial charge >= 0.3 is 0 Å². The standard InChI is InChI=1S/C19H21ClN4O/c1-13(2)24-17(23-16-8-5-10-22-19(16)24)9-11-21-18(25)12-14-6-3-4-7-15(14)20/h3-8,10,13H,9,11-12H2,1-2H3,(H,21,25). The van der Waals surface area contributed by atoms with Crippen LogP contribution in [0.3, 0.4) is 0 Å². The molecule has 0 radical (unpaired) electrons. The van der Waals surface area contributed by atoms with Gasteiger partial charge in [-0.2, -0.15) is 0 Å². The lowest BCUT2D eigenvalue weighted by Gasteiger charge is -2.12. The van der Waals surface area contributed by atoms with Gasteiger partial charge in [0.1, 0.15) is 11.3 Å². The van der Waals surface area contributed by atoms with Crippen LogP contribution in [0.25, 0.3) is 11.2 Å². The molecule has 6 heteroatoms. The van der Waals surface area contributed by atoms with Crippen LogP contribution >= 0.6 is 11.6 Å². The van der Waals surface area contributed by atoms with Crippen molar-refractivity contribution in [2.45, 2.75) is 32.7 Å². The summed E-state index contributed by atoms with van der Waals surface area (Å²) in [5.74, 6) is 0.889. The number of imidazole rings is 1. The van der Waals surface area contributed by atoms with Gasteiger partial charge in [0.15, 0.2) is 5.65 Å². The highest BCUT2D eigenvalue weighted by Gasteiger charge is 2.14. The van der Waals surface area contributed by atoms with Gasteiger partial charge in [0.25, 0.3) is 0 Å². The van der Waals surface area contributed by atoms with Gasteiger partial charge in [-0.05, 0) is 37.6 Å². The van der Waals surface area contributed by atoms with Gasteiger partial charge in [-0.25, -0.2) is 9.97 Å². The molecule has 0 saturated heterocycles. The van der Waals surface area contributed by atoms with E-state index in [4.69, 9.17) is 11.6 Å². The number of fused-ring (bicyclic) bond motifs is 1. The van der Waals surface area contributed by atoms with Crippen LogP contribution in [0, 0.1) is 0 Å². The van der Waals surface area contributed by atoms with Crippen molar-refractivity contribution in [3.63, 3.8) is 0 Å². The molecule has 1 aromatic carbocycles. The molecule has 3 aromatic rings. The maximum atomic E-state index is 12.1. The molecule has 0 aliphatic rings. The second-order valence-electron chi connectivity index (χ2n) is 6.21. The first-order valence-electron chi connectivity index (χ1n) is 8.38. The topological polar surface area (TPSA) is 59.8 Å². The lowest BCUT2D eigenvalue weighted by atomic mass is 10.1. The quantitative estimate of drug-likeness (QED) is 0.734. The zero-order chi connectivity index (χ0) is 17.8. The van der Waals surface area contributed by atoms with Gasteiger partial charge in [-0.3, -0.25) is 4.79 Å². The minimum atomic E-state index is -0.0431. The number of amides is 1. The van der Waals surface area contributed by atoms with Crippen molar-refractivity contribution >= 4 is 28.7 Å². The summed E-state index contributed by atoms with van der Waals surface area (Å²) < 4.78 is 2.12. The molecule has 25 heavy (non-hydrogen) atoms. The number of benzene rings is 1. The lowest BCUT2D eigenvalue weighted by Crippen LogP contribution is -2.28. The fraction of sp³-hybridized carbons (Fsp3) is 0.316. The number of rotatable bonds is 6. The summed E-state index contributed by atoms with van der Waals surface area (Å²) in [5, 5.41) is 3.56. The number of pyridine rings is 1. The Balaban J connectivity index is 1.64. The Kier molecular flexibility index (Phi) is 5.34. The van der Waals surface area contributed by atoms with Crippen LogP contribution in [0.2, 0.25) is 5.02 Å². The summed E-state index contributed by atoms with van der Waals surface area (Å²) in [4.78, 5) is 21.2. The third kappa shape index (κ3) is 3.99. The third-order valence-electron chi connectivity index (χ3n) is 4.02. The van der Waals surface area contributed by atoms with Gasteiger partial charge in [0, 0.05) is 30.2 Å². The molecule has 0 unspecified atom stereocenters. The van der Waals surface area contributed by atoms with Gasteiger partial charge in [-0.15, -0.1) is 0 Å². The number of aromatic nitrogens is 3. The minimum absolute atomic E-state index is 0.0431. The molecule has 2 heterocycles. The minimum Gasteiger partial charge on any atom is -0.355 e. The molecule has 130 valence electrons. The Hall–Kier alpha value is -2.40. The summed E-state index contributed by atoms with van der Waals surface area (Å²) in [6.07, 6.45) is 2.71. The molecule has 5 nitrogen and oxygen atoms in total. The Morgan fingerprint density at radius 3 is 2.80 bits per heavy atom. The van der Waals surface area contributed by atoms with Gasteiger partial charge < -0.3 is 9.88 Å². The molecule has 0 bridgehead atoms. The Labute approximate surface area is 152 Å². The van der Waals surface area contributed by atoms with Crippen LogP contribution in [0.15, 0.2) is 42.6 Å². The predicted molar refractivity (Wildman–Crippen MR) is 99.8 cm³/mol. The molecule has 1 amide bonds. The molecule has 0 saturated carbocycles. The van der Waals surface area contributed by atoms with Crippen LogP contribution in [-0.4, -0.2) is 27.0 Å². The summed E-state index contributed by atoms with van der Waals surface area (Å²) in [6.45, 7) is 4.74. The van der Waals surface area contributed by atoms with E-state index in [2.05, 4.69) is 33.7 Å². The number of hydrogen-bond acceptors (Lipinski definition) is 3. The van der Waals surface area contributed by atoms with Crippen molar-refractivity contribution in [1.29, 1.82) is 0 Å². The van der Waals surface area contributed by atoms with Crippen molar-refractivity contribution < 1.29 is 4.79 Å². The monoisotopic (exact) mass is 356 g/mol. The third-order valence-corrected chi connectivity index (χ3v) is 4.39. The van der Waals surface area contributed by atoms with E-state index < -0.39 is 0 Å². The van der Waals surface area contributed by atoms with Crippen molar-refractivity contribution in [2.24, 2.45) is 0 Å². The van der Waals surface area contributed by atoms with E-state index in [1.54, 1.807) is 12.3 Å². The Morgan fingerprint density at radius 1 is 1.24 bits per heavy atom. The second kappa shape index (κ2) is 7.66. The summed E-state index contributed by atoms with van der Waals surface area (Å²) in [6, 6.07) is 11.5. The van der Waals surface area contributed by atoms with Gasteiger partial charge in [0.2, 0.25) is 5.91 Å². The van der Waals surface area contributed by atoms with E-state index in [0.29, 0.717) is 18.0 Å². The van der Waals surface area contributed by atoms with Crippen molar-refractivity contribution in [3.05, 3.63) is 59.0 Å². The zero-order valence-corrected chi connectivity index (χ0v) is 15.1. The van der Waals surface area contributed by atoms with E-state index in [9.17, 15) is 4.79 Å². The molecular formula is C19H21ClN4O. The number of halogens is 1. The molecule has 0 atom stereocenters. The predicted octanol–water partition coefficient (Wildman–Crippen LogP) is 3.57. The highest BCUT2D eigenvalue weighted by molar-refractivity contribution is 6.31. The van der Waals surface area contributed by atoms with E-state index >= 15 is 0 Å². The van der Waals surface area contributed by atoms with Crippen molar-refractivity contribution in [1.82, 2.24) is 19.9 Å². The number of nitrogens with one attached hydrogen (secondary N) is 1. The molecule has 0 spiro atoms. The van der Waals surface area contributed by atoms with Crippen molar-refractivity contribution in [3.8, 4) is 0 Å². The van der Waals surface area contributed by atoms with Crippen LogP contribution in [0.4, 0.5) is 0 Å². The SMILES string of the molecule is CC(C)n1c(CCNC(=O)Cc2ccccc2Cl)nc2cccnc21. The van der Waals surface area contributed by atoms with E-state index in [0.717, 1.165) is 22.6 Å². The summed E-state index contributed by atoms with van der Waals surface area (Å²) >= 11 is 6.10. The summed E-state index contributed by atoms with van der Waals surface area (Å²) in [5.41, 5.74) is 2.60. The molecule has 1 N–H and O–H groups in total. The molecular weight excluding hydrogens is 336 g/mol. The first kappa shape index (κ1) is 17.4.